The van der Waals surface area contributed by atoms with Gasteiger partial charge >= 0.3 is 0 Å². The van der Waals surface area contributed by atoms with Gasteiger partial charge in [0.25, 0.3) is 5.69 Å². The second-order valence-corrected chi connectivity index (χ2v) is 4.35. The van der Waals surface area contributed by atoms with Crippen LogP contribution in [-0.4, -0.2) is 11.0 Å². The summed E-state index contributed by atoms with van der Waals surface area (Å²) in [6.07, 6.45) is 0. The van der Waals surface area contributed by atoms with Crippen molar-refractivity contribution in [3.63, 3.8) is 0 Å². The van der Waals surface area contributed by atoms with Crippen LogP contribution in [0.3, 0.4) is 0 Å². The molecule has 0 saturated heterocycles. The zero-order valence-electron chi connectivity index (χ0n) is 10.2. The Bertz CT molecular complexity index is 406. The summed E-state index contributed by atoms with van der Waals surface area (Å²) in [5, 5.41) is 14.0. The van der Waals surface area contributed by atoms with Gasteiger partial charge in [-0.05, 0) is 18.9 Å². The highest BCUT2D eigenvalue weighted by Gasteiger charge is 2.12. The molecule has 0 aliphatic heterocycles. The van der Waals surface area contributed by atoms with Gasteiger partial charge in [-0.1, -0.05) is 13.8 Å². The molecule has 17 heavy (non-hydrogen) atoms. The van der Waals surface area contributed by atoms with Crippen LogP contribution < -0.4 is 16.6 Å². The van der Waals surface area contributed by atoms with Crippen molar-refractivity contribution in [3.05, 3.63) is 28.3 Å². The van der Waals surface area contributed by atoms with Crippen LogP contribution in [0.2, 0.25) is 0 Å². The fourth-order valence-electron chi connectivity index (χ4n) is 1.31. The predicted molar refractivity (Wildman–Crippen MR) is 68.8 cm³/mol. The van der Waals surface area contributed by atoms with E-state index < -0.39 is 4.92 Å². The van der Waals surface area contributed by atoms with E-state index in [0.29, 0.717) is 17.3 Å². The van der Waals surface area contributed by atoms with Crippen LogP contribution in [0.15, 0.2) is 18.2 Å². The summed E-state index contributed by atoms with van der Waals surface area (Å²) < 4.78 is 0. The van der Waals surface area contributed by atoms with E-state index in [4.69, 9.17) is 5.84 Å². The van der Waals surface area contributed by atoms with Crippen molar-refractivity contribution in [2.45, 2.75) is 26.8 Å². The quantitative estimate of drug-likeness (QED) is 0.416. The van der Waals surface area contributed by atoms with Gasteiger partial charge in [-0.15, -0.1) is 0 Å². The summed E-state index contributed by atoms with van der Waals surface area (Å²) in [5.74, 6) is 5.71. The van der Waals surface area contributed by atoms with Gasteiger partial charge in [-0.2, -0.15) is 0 Å². The number of nitrogen functional groups attached to an aromatic ring is 1. The standard InChI is InChI=1S/C11H18N4O2/c1-7(2)8(3)13-9-4-10(14-12)6-11(5-9)15(16)17/h4-8,13-14H,12H2,1-3H3. The monoisotopic (exact) mass is 238 g/mol. The molecule has 0 radical (unpaired) electrons. The van der Waals surface area contributed by atoms with Crippen molar-refractivity contribution in [1.29, 1.82) is 0 Å². The molecule has 6 heteroatoms. The first-order valence-electron chi connectivity index (χ1n) is 5.46. The molecule has 1 unspecified atom stereocenters. The first-order valence-corrected chi connectivity index (χ1v) is 5.46. The fraction of sp³-hybridized carbons (Fsp3) is 0.455. The van der Waals surface area contributed by atoms with Crippen molar-refractivity contribution >= 4 is 17.1 Å². The lowest BCUT2D eigenvalue weighted by molar-refractivity contribution is -0.384. The Morgan fingerprint density at radius 3 is 2.29 bits per heavy atom. The number of rotatable bonds is 5. The zero-order chi connectivity index (χ0) is 13.0. The largest absolute Gasteiger partial charge is 0.382 e. The first-order chi connectivity index (χ1) is 7.93. The number of hydrazine groups is 1. The molecule has 0 saturated carbocycles. The summed E-state index contributed by atoms with van der Waals surface area (Å²) in [6, 6.07) is 4.86. The van der Waals surface area contributed by atoms with E-state index in [1.807, 2.05) is 6.92 Å². The number of hydrogen-bond acceptors (Lipinski definition) is 5. The highest BCUT2D eigenvalue weighted by molar-refractivity contribution is 5.63. The average molecular weight is 238 g/mol. The maximum atomic E-state index is 10.8. The number of nitro benzene ring substituents is 1. The zero-order valence-corrected chi connectivity index (χ0v) is 10.2. The van der Waals surface area contributed by atoms with E-state index >= 15 is 0 Å². The Kier molecular flexibility index (Phi) is 4.28. The van der Waals surface area contributed by atoms with E-state index in [-0.39, 0.29) is 11.7 Å². The van der Waals surface area contributed by atoms with E-state index in [2.05, 4.69) is 24.6 Å². The lowest BCUT2D eigenvalue weighted by atomic mass is 10.1. The average Bonchev–Trinajstić information content (AvgIpc) is 2.28. The summed E-state index contributed by atoms with van der Waals surface area (Å²) in [4.78, 5) is 10.3. The Morgan fingerprint density at radius 2 is 1.82 bits per heavy atom. The predicted octanol–water partition coefficient (Wildman–Crippen LogP) is 2.34. The molecule has 0 aliphatic carbocycles. The molecule has 0 heterocycles. The van der Waals surface area contributed by atoms with E-state index in [1.165, 1.54) is 12.1 Å². The summed E-state index contributed by atoms with van der Waals surface area (Å²) in [7, 11) is 0. The minimum atomic E-state index is -0.438. The molecule has 1 atom stereocenters. The van der Waals surface area contributed by atoms with Gasteiger partial charge in [0.1, 0.15) is 0 Å². The van der Waals surface area contributed by atoms with Gasteiger partial charge in [-0.3, -0.25) is 16.0 Å². The van der Waals surface area contributed by atoms with Crippen LogP contribution in [-0.2, 0) is 0 Å². The topological polar surface area (TPSA) is 93.2 Å². The molecular weight excluding hydrogens is 220 g/mol. The SMILES string of the molecule is CC(C)C(C)Nc1cc(NN)cc([N+](=O)[O-])c1. The van der Waals surface area contributed by atoms with E-state index in [1.54, 1.807) is 6.07 Å². The van der Waals surface area contributed by atoms with Crippen LogP contribution in [0.25, 0.3) is 0 Å². The number of non-ortho nitro benzene ring substituents is 1. The summed E-state index contributed by atoms with van der Waals surface area (Å²) in [6.45, 7) is 6.19. The summed E-state index contributed by atoms with van der Waals surface area (Å²) in [5.41, 5.74) is 3.63. The number of nitrogens with zero attached hydrogens (tertiary/aromatic N) is 1. The van der Waals surface area contributed by atoms with Crippen LogP contribution in [0, 0.1) is 16.0 Å². The Morgan fingerprint density at radius 1 is 1.24 bits per heavy atom. The second-order valence-electron chi connectivity index (χ2n) is 4.35. The Balaban J connectivity index is 2.98. The van der Waals surface area contributed by atoms with E-state index in [9.17, 15) is 10.1 Å². The molecule has 1 aromatic carbocycles. The minimum Gasteiger partial charge on any atom is -0.382 e. The lowest BCUT2D eigenvalue weighted by Gasteiger charge is -2.19. The van der Waals surface area contributed by atoms with Crippen LogP contribution in [0.4, 0.5) is 17.1 Å². The van der Waals surface area contributed by atoms with Gasteiger partial charge in [0.05, 0.1) is 10.6 Å². The lowest BCUT2D eigenvalue weighted by Crippen LogP contribution is -2.21. The highest BCUT2D eigenvalue weighted by atomic mass is 16.6. The molecule has 94 valence electrons. The highest BCUT2D eigenvalue weighted by Crippen LogP contribution is 2.24. The smallest absolute Gasteiger partial charge is 0.273 e. The number of benzene rings is 1. The van der Waals surface area contributed by atoms with Crippen molar-refractivity contribution in [3.8, 4) is 0 Å². The second kappa shape index (κ2) is 5.49. The first kappa shape index (κ1) is 13.2. The molecule has 1 aromatic rings. The molecule has 0 spiro atoms. The molecule has 1 rings (SSSR count). The van der Waals surface area contributed by atoms with Gasteiger partial charge < -0.3 is 10.7 Å². The molecule has 0 fully saturated rings. The number of nitro groups is 1. The molecule has 0 aliphatic rings. The molecule has 6 nitrogen and oxygen atoms in total. The van der Waals surface area contributed by atoms with E-state index in [0.717, 1.165) is 0 Å². The third kappa shape index (κ3) is 3.60. The van der Waals surface area contributed by atoms with Gasteiger partial charge in [0.2, 0.25) is 0 Å². The molecule has 0 aromatic heterocycles. The van der Waals surface area contributed by atoms with Crippen LogP contribution in [0.1, 0.15) is 20.8 Å². The number of hydrogen-bond donors (Lipinski definition) is 3. The Labute approximate surface area is 100 Å². The number of nitrogens with two attached hydrogens (primary N) is 1. The minimum absolute atomic E-state index is 0.0129. The molecule has 0 bridgehead atoms. The summed E-state index contributed by atoms with van der Waals surface area (Å²) >= 11 is 0. The van der Waals surface area contributed by atoms with Crippen LogP contribution in [0.5, 0.6) is 0 Å². The van der Waals surface area contributed by atoms with Crippen molar-refractivity contribution in [1.82, 2.24) is 0 Å². The molecule has 4 N–H and O–H groups in total. The normalized spacial score (nSPS) is 12.3. The molecular formula is C11H18N4O2. The van der Waals surface area contributed by atoms with Crippen LogP contribution >= 0.6 is 0 Å². The van der Waals surface area contributed by atoms with Crippen molar-refractivity contribution < 1.29 is 4.92 Å². The number of anilines is 2. The Hall–Kier alpha value is -1.82. The maximum absolute atomic E-state index is 10.8. The molecule has 0 amide bonds. The third-order valence-corrected chi connectivity index (χ3v) is 2.69. The van der Waals surface area contributed by atoms with Crippen molar-refractivity contribution in [2.75, 3.05) is 10.7 Å². The van der Waals surface area contributed by atoms with Gasteiger partial charge in [0, 0.05) is 23.9 Å². The van der Waals surface area contributed by atoms with Gasteiger partial charge in [0.15, 0.2) is 0 Å². The number of nitrogens with one attached hydrogen (secondary N) is 2. The maximum Gasteiger partial charge on any atom is 0.273 e. The fourth-order valence-corrected chi connectivity index (χ4v) is 1.31. The van der Waals surface area contributed by atoms with Crippen molar-refractivity contribution in [2.24, 2.45) is 11.8 Å². The third-order valence-electron chi connectivity index (χ3n) is 2.69. The van der Waals surface area contributed by atoms with Gasteiger partial charge in [-0.25, -0.2) is 0 Å².